The Kier molecular flexibility index (Phi) is 7.77. The van der Waals surface area contributed by atoms with E-state index in [-0.39, 0.29) is 11.5 Å². The summed E-state index contributed by atoms with van der Waals surface area (Å²) in [5.41, 5.74) is 7.17. The van der Waals surface area contributed by atoms with Crippen molar-refractivity contribution in [1.82, 2.24) is 9.55 Å². The number of ether oxygens (including phenoxy) is 1. The van der Waals surface area contributed by atoms with Crippen LogP contribution in [0.1, 0.15) is 25.8 Å². The number of nitrogens with two attached hydrogens (primary N) is 1. The van der Waals surface area contributed by atoms with Crippen molar-refractivity contribution in [3.8, 4) is 0 Å². The van der Waals surface area contributed by atoms with Gasteiger partial charge in [0.15, 0.2) is 10.8 Å². The molecule has 8 nitrogen and oxygen atoms in total. The summed E-state index contributed by atoms with van der Waals surface area (Å²) in [5.74, 6) is 0.0816. The maximum atomic E-state index is 12.6. The molecule has 0 spiro atoms. The number of aromatic nitrogens is 2. The summed E-state index contributed by atoms with van der Waals surface area (Å²) in [6.45, 7) is 5.01. The molecule has 4 N–H and O–H groups in total. The van der Waals surface area contributed by atoms with E-state index >= 15 is 0 Å². The lowest BCUT2D eigenvalue weighted by atomic mass is 10.1. The van der Waals surface area contributed by atoms with Crippen LogP contribution in [0.15, 0.2) is 33.9 Å². The molecule has 0 atom stereocenters. The lowest BCUT2D eigenvalue weighted by molar-refractivity contribution is 0.208. The van der Waals surface area contributed by atoms with Gasteiger partial charge in [-0.3, -0.25) is 14.3 Å². The average molecular weight is 406 g/mol. The Morgan fingerprint density at radius 1 is 1.36 bits per heavy atom. The first kappa shape index (κ1) is 21.6. The maximum Gasteiger partial charge on any atom is 0.330 e. The van der Waals surface area contributed by atoms with E-state index in [2.05, 4.69) is 17.2 Å². The quantitative estimate of drug-likeness (QED) is 0.576. The van der Waals surface area contributed by atoms with Gasteiger partial charge in [-0.2, -0.15) is 0 Å². The zero-order valence-electron chi connectivity index (χ0n) is 16.4. The van der Waals surface area contributed by atoms with Crippen molar-refractivity contribution in [2.45, 2.75) is 33.2 Å². The fourth-order valence-corrected chi connectivity index (χ4v) is 3.14. The second kappa shape index (κ2) is 10.0. The summed E-state index contributed by atoms with van der Waals surface area (Å²) in [6.07, 6.45) is 1.59. The first-order chi connectivity index (χ1) is 13.4. The lowest BCUT2D eigenvalue weighted by Gasteiger charge is -2.27. The molecule has 0 fully saturated rings. The van der Waals surface area contributed by atoms with Gasteiger partial charge < -0.3 is 20.7 Å². The third-order valence-electron chi connectivity index (χ3n) is 4.28. The van der Waals surface area contributed by atoms with Crippen LogP contribution < -0.4 is 27.2 Å². The molecule has 1 aromatic carbocycles. The summed E-state index contributed by atoms with van der Waals surface area (Å²) in [6, 6.07) is 7.85. The highest BCUT2D eigenvalue weighted by molar-refractivity contribution is 7.80. The molecule has 0 aliphatic rings. The molecule has 0 radical (unpaired) electrons. The van der Waals surface area contributed by atoms with E-state index in [9.17, 15) is 9.59 Å². The second-order valence-electron chi connectivity index (χ2n) is 6.27. The number of hydrogen-bond acceptors (Lipinski definition) is 5. The summed E-state index contributed by atoms with van der Waals surface area (Å²) in [7, 11) is 1.56. The van der Waals surface area contributed by atoms with Gasteiger partial charge in [0.1, 0.15) is 5.82 Å². The van der Waals surface area contributed by atoms with Gasteiger partial charge in [-0.05, 0) is 42.8 Å². The zero-order chi connectivity index (χ0) is 20.7. The number of hydrogen-bond donors (Lipinski definition) is 3. The van der Waals surface area contributed by atoms with Crippen LogP contribution >= 0.6 is 12.2 Å². The van der Waals surface area contributed by atoms with E-state index < -0.39 is 11.2 Å². The maximum absolute atomic E-state index is 12.6. The number of nitrogens with one attached hydrogen (secondary N) is 2. The Morgan fingerprint density at radius 2 is 2.11 bits per heavy atom. The topological polar surface area (TPSA) is 105 Å². The Morgan fingerprint density at radius 3 is 2.75 bits per heavy atom. The van der Waals surface area contributed by atoms with Gasteiger partial charge in [0.05, 0.1) is 6.61 Å². The summed E-state index contributed by atoms with van der Waals surface area (Å²) >= 11 is 5.56. The van der Waals surface area contributed by atoms with Crippen molar-refractivity contribution in [2.24, 2.45) is 0 Å². The summed E-state index contributed by atoms with van der Waals surface area (Å²) < 4.78 is 6.51. The van der Waals surface area contributed by atoms with Gasteiger partial charge in [0.25, 0.3) is 5.56 Å². The second-order valence-corrected chi connectivity index (χ2v) is 6.66. The van der Waals surface area contributed by atoms with E-state index in [1.807, 2.05) is 31.2 Å². The van der Waals surface area contributed by atoms with E-state index in [0.29, 0.717) is 31.2 Å². The third-order valence-corrected chi connectivity index (χ3v) is 4.60. The van der Waals surface area contributed by atoms with Gasteiger partial charge in [0, 0.05) is 25.9 Å². The van der Waals surface area contributed by atoms with Crippen LogP contribution in [0.5, 0.6) is 0 Å². The van der Waals surface area contributed by atoms with Crippen LogP contribution in [0.4, 0.5) is 17.2 Å². The van der Waals surface area contributed by atoms with Gasteiger partial charge in [0.2, 0.25) is 0 Å². The normalized spacial score (nSPS) is 10.7. The predicted molar refractivity (Wildman–Crippen MR) is 117 cm³/mol. The third kappa shape index (κ3) is 4.99. The first-order valence-electron chi connectivity index (χ1n) is 9.21. The Bertz CT molecular complexity index is 938. The van der Waals surface area contributed by atoms with E-state index in [0.717, 1.165) is 17.7 Å². The number of aryl methyl sites for hydroxylation is 1. The average Bonchev–Trinajstić information content (AvgIpc) is 2.67. The smallest absolute Gasteiger partial charge is 0.330 e. The molecule has 152 valence electrons. The highest BCUT2D eigenvalue weighted by Gasteiger charge is 2.22. The SMILES string of the molecule is CCCn1c(N)c(N(CCOC)C(=S)Nc2cccc(CC)c2)c(=O)[nH]c1=O. The van der Waals surface area contributed by atoms with Crippen molar-refractivity contribution >= 4 is 34.5 Å². The fourth-order valence-electron chi connectivity index (χ4n) is 2.84. The van der Waals surface area contributed by atoms with E-state index in [1.54, 1.807) is 12.0 Å². The Hall–Kier alpha value is -2.65. The highest BCUT2D eigenvalue weighted by Crippen LogP contribution is 2.19. The van der Waals surface area contributed by atoms with Gasteiger partial charge >= 0.3 is 5.69 Å². The number of aromatic amines is 1. The van der Waals surface area contributed by atoms with Crippen LogP contribution in [-0.4, -0.2) is 34.9 Å². The van der Waals surface area contributed by atoms with E-state index in [4.69, 9.17) is 22.7 Å². The monoisotopic (exact) mass is 405 g/mol. The molecule has 0 bridgehead atoms. The molecule has 0 aliphatic heterocycles. The number of nitrogen functional groups attached to an aromatic ring is 1. The predicted octanol–water partition coefficient (Wildman–Crippen LogP) is 1.94. The van der Waals surface area contributed by atoms with Gasteiger partial charge in [-0.25, -0.2) is 4.79 Å². The molecule has 9 heteroatoms. The number of thiocarbonyl (C=S) groups is 1. The number of nitrogens with zero attached hydrogens (tertiary/aromatic N) is 2. The molecule has 28 heavy (non-hydrogen) atoms. The number of benzene rings is 1. The number of H-pyrrole nitrogens is 1. The van der Waals surface area contributed by atoms with Crippen LogP contribution in [0.25, 0.3) is 0 Å². The molecular formula is C19H27N5O3S. The highest BCUT2D eigenvalue weighted by atomic mass is 32.1. The molecule has 2 rings (SSSR count). The molecule has 0 saturated heterocycles. The standard InChI is InChI=1S/C19H27N5O3S/c1-4-9-24-16(20)15(17(25)22-18(24)26)23(10-11-27-3)19(28)21-14-8-6-7-13(5-2)12-14/h6-8,12H,4-5,9-11,20H2,1-3H3,(H,21,28)(H,22,25,26). The minimum absolute atomic E-state index is 0.0816. The molecule has 1 aromatic heterocycles. The molecule has 1 heterocycles. The van der Waals surface area contributed by atoms with Crippen LogP contribution in [-0.2, 0) is 17.7 Å². The largest absolute Gasteiger partial charge is 0.383 e. The van der Waals surface area contributed by atoms with Gasteiger partial charge in [-0.1, -0.05) is 26.0 Å². The first-order valence-corrected chi connectivity index (χ1v) is 9.62. The summed E-state index contributed by atoms with van der Waals surface area (Å²) in [4.78, 5) is 28.6. The van der Waals surface area contributed by atoms with Crippen molar-refractivity contribution in [3.63, 3.8) is 0 Å². The molecule has 0 aliphatic carbocycles. The minimum atomic E-state index is -0.586. The molecule has 0 unspecified atom stereocenters. The molecule has 0 amide bonds. The lowest BCUT2D eigenvalue weighted by Crippen LogP contribution is -2.44. The van der Waals surface area contributed by atoms with Crippen molar-refractivity contribution in [1.29, 1.82) is 0 Å². The van der Waals surface area contributed by atoms with E-state index in [1.165, 1.54) is 4.57 Å². The number of methoxy groups -OCH3 is 1. The van der Waals surface area contributed by atoms with Crippen LogP contribution in [0.3, 0.4) is 0 Å². The fraction of sp³-hybridized carbons (Fsp3) is 0.421. The Balaban J connectivity index is 2.45. The number of rotatable bonds is 8. The summed E-state index contributed by atoms with van der Waals surface area (Å²) in [5, 5.41) is 3.45. The zero-order valence-corrected chi connectivity index (χ0v) is 17.3. The molecule has 2 aromatic rings. The van der Waals surface area contributed by atoms with Gasteiger partial charge in [-0.15, -0.1) is 0 Å². The number of anilines is 3. The van der Waals surface area contributed by atoms with Crippen molar-refractivity contribution in [2.75, 3.05) is 36.2 Å². The van der Waals surface area contributed by atoms with Crippen molar-refractivity contribution < 1.29 is 4.74 Å². The van der Waals surface area contributed by atoms with Crippen molar-refractivity contribution in [3.05, 3.63) is 50.7 Å². The minimum Gasteiger partial charge on any atom is -0.383 e. The molecule has 0 saturated carbocycles. The Labute approximate surface area is 169 Å². The molecular weight excluding hydrogens is 378 g/mol. The van der Waals surface area contributed by atoms with Crippen LogP contribution in [0, 0.1) is 0 Å². The van der Waals surface area contributed by atoms with Crippen LogP contribution in [0.2, 0.25) is 0 Å².